The highest BCUT2D eigenvalue weighted by Gasteiger charge is 2.20. The van der Waals surface area contributed by atoms with Crippen LogP contribution in [0.2, 0.25) is 0 Å². The van der Waals surface area contributed by atoms with Crippen molar-refractivity contribution in [2.45, 2.75) is 19.9 Å². The van der Waals surface area contributed by atoms with Crippen molar-refractivity contribution >= 4 is 22.9 Å². The smallest absolute Gasteiger partial charge is 0.279 e. The number of carbonyl (C=O) groups excluding carboxylic acids is 1. The standard InChI is InChI=1S/C21H22N2OS/c1-15-8-10-17(11-9-15)21(19-7-4-12-25-19)22-14-20(24)23-18-6-3-5-16(2)13-18/h3-13,21-22H,14H2,1-2H3,(H,23,24)/p+1/t21-/m0/s1. The Hall–Kier alpha value is -2.43. The highest BCUT2D eigenvalue weighted by Crippen LogP contribution is 2.23. The molecule has 3 aromatic rings. The summed E-state index contributed by atoms with van der Waals surface area (Å²) in [7, 11) is 0. The first-order valence-corrected chi connectivity index (χ1v) is 9.29. The number of hydrogen-bond donors (Lipinski definition) is 2. The molecule has 0 fully saturated rings. The Bertz CT molecular complexity index is 825. The molecule has 128 valence electrons. The van der Waals surface area contributed by atoms with Crippen LogP contribution in [-0.4, -0.2) is 12.5 Å². The van der Waals surface area contributed by atoms with Crippen molar-refractivity contribution in [3.8, 4) is 0 Å². The van der Waals surface area contributed by atoms with Crippen molar-refractivity contribution in [1.29, 1.82) is 0 Å². The van der Waals surface area contributed by atoms with Crippen LogP contribution in [0.1, 0.15) is 27.6 Å². The molecule has 0 aliphatic rings. The van der Waals surface area contributed by atoms with Crippen LogP contribution in [0.15, 0.2) is 66.0 Å². The van der Waals surface area contributed by atoms with Gasteiger partial charge in [-0.25, -0.2) is 0 Å². The largest absolute Gasteiger partial charge is 0.328 e. The van der Waals surface area contributed by atoms with Gasteiger partial charge in [0.2, 0.25) is 0 Å². The lowest BCUT2D eigenvalue weighted by atomic mass is 10.0. The van der Waals surface area contributed by atoms with Gasteiger partial charge in [-0.2, -0.15) is 0 Å². The van der Waals surface area contributed by atoms with E-state index in [4.69, 9.17) is 0 Å². The summed E-state index contributed by atoms with van der Waals surface area (Å²) >= 11 is 1.72. The summed E-state index contributed by atoms with van der Waals surface area (Å²) in [4.78, 5) is 13.6. The zero-order valence-corrected chi connectivity index (χ0v) is 15.3. The zero-order chi connectivity index (χ0) is 17.6. The summed E-state index contributed by atoms with van der Waals surface area (Å²) in [6, 6.07) is 20.7. The molecule has 0 radical (unpaired) electrons. The van der Waals surface area contributed by atoms with Gasteiger partial charge < -0.3 is 10.6 Å². The molecular weight excluding hydrogens is 328 g/mol. The maximum absolute atomic E-state index is 12.3. The average Bonchev–Trinajstić information content (AvgIpc) is 3.11. The molecule has 0 saturated heterocycles. The monoisotopic (exact) mass is 351 g/mol. The van der Waals surface area contributed by atoms with E-state index >= 15 is 0 Å². The van der Waals surface area contributed by atoms with E-state index in [1.54, 1.807) is 11.3 Å². The van der Waals surface area contributed by atoms with Crippen molar-refractivity contribution in [2.75, 3.05) is 11.9 Å². The second-order valence-corrected chi connectivity index (χ2v) is 7.24. The van der Waals surface area contributed by atoms with Crippen molar-refractivity contribution in [3.05, 3.63) is 87.6 Å². The summed E-state index contributed by atoms with van der Waals surface area (Å²) in [6.45, 7) is 4.49. The first-order valence-electron chi connectivity index (χ1n) is 8.41. The van der Waals surface area contributed by atoms with Crippen LogP contribution >= 0.6 is 11.3 Å². The van der Waals surface area contributed by atoms with Crippen molar-refractivity contribution in [2.24, 2.45) is 0 Å². The van der Waals surface area contributed by atoms with Crippen LogP contribution in [0.25, 0.3) is 0 Å². The molecule has 0 aliphatic carbocycles. The van der Waals surface area contributed by atoms with E-state index in [9.17, 15) is 4.79 Å². The van der Waals surface area contributed by atoms with Crippen LogP contribution in [-0.2, 0) is 4.79 Å². The third-order valence-electron chi connectivity index (χ3n) is 4.13. The van der Waals surface area contributed by atoms with Crippen LogP contribution in [0.4, 0.5) is 5.69 Å². The van der Waals surface area contributed by atoms with Crippen molar-refractivity contribution < 1.29 is 10.1 Å². The number of amides is 1. The van der Waals surface area contributed by atoms with Crippen LogP contribution in [0, 0.1) is 13.8 Å². The molecule has 1 aromatic heterocycles. The van der Waals surface area contributed by atoms with E-state index in [0.717, 1.165) is 11.3 Å². The normalized spacial score (nSPS) is 11.9. The zero-order valence-electron chi connectivity index (χ0n) is 14.5. The van der Waals surface area contributed by atoms with Gasteiger partial charge in [-0.15, -0.1) is 11.3 Å². The number of carbonyl (C=O) groups is 1. The Balaban J connectivity index is 1.68. The molecule has 0 spiro atoms. The number of hydrogen-bond acceptors (Lipinski definition) is 2. The van der Waals surface area contributed by atoms with Gasteiger partial charge >= 0.3 is 0 Å². The van der Waals surface area contributed by atoms with E-state index in [-0.39, 0.29) is 11.9 Å². The van der Waals surface area contributed by atoms with Gasteiger partial charge in [-0.3, -0.25) is 4.79 Å². The average molecular weight is 351 g/mol. The predicted octanol–water partition coefficient (Wildman–Crippen LogP) is 3.66. The summed E-state index contributed by atoms with van der Waals surface area (Å²) in [5.41, 5.74) is 4.45. The fraction of sp³-hybridized carbons (Fsp3) is 0.190. The second-order valence-electron chi connectivity index (χ2n) is 6.26. The number of benzene rings is 2. The highest BCUT2D eigenvalue weighted by molar-refractivity contribution is 7.10. The Morgan fingerprint density at radius 2 is 1.84 bits per heavy atom. The fourth-order valence-electron chi connectivity index (χ4n) is 2.82. The van der Waals surface area contributed by atoms with Crippen molar-refractivity contribution in [3.63, 3.8) is 0 Å². The first kappa shape index (κ1) is 17.4. The molecule has 3 nitrogen and oxygen atoms in total. The van der Waals surface area contributed by atoms with Gasteiger partial charge in [-0.1, -0.05) is 48.0 Å². The van der Waals surface area contributed by atoms with E-state index in [1.165, 1.54) is 16.0 Å². The molecule has 25 heavy (non-hydrogen) atoms. The number of nitrogens with one attached hydrogen (secondary N) is 1. The molecule has 1 heterocycles. The maximum atomic E-state index is 12.3. The SMILES string of the molecule is Cc1ccc([C@H]([NH2+]CC(=O)Nc2cccc(C)c2)c2cccs2)cc1. The van der Waals surface area contributed by atoms with Gasteiger partial charge in [0.1, 0.15) is 6.04 Å². The fourth-order valence-corrected chi connectivity index (χ4v) is 3.67. The molecule has 1 amide bonds. The van der Waals surface area contributed by atoms with Gasteiger partial charge in [0.05, 0.1) is 4.88 Å². The lowest BCUT2D eigenvalue weighted by Gasteiger charge is -2.15. The molecule has 4 heteroatoms. The number of nitrogens with two attached hydrogens (primary N) is 1. The van der Waals surface area contributed by atoms with Crippen molar-refractivity contribution in [1.82, 2.24) is 0 Å². The molecule has 0 saturated carbocycles. The highest BCUT2D eigenvalue weighted by atomic mass is 32.1. The predicted molar refractivity (Wildman–Crippen MR) is 104 cm³/mol. The number of aryl methyl sites for hydroxylation is 2. The van der Waals surface area contributed by atoms with Gasteiger partial charge in [-0.05, 0) is 43.0 Å². The molecule has 1 atom stereocenters. The number of thiophene rings is 1. The minimum absolute atomic E-state index is 0.0132. The lowest BCUT2D eigenvalue weighted by Crippen LogP contribution is -2.87. The van der Waals surface area contributed by atoms with Crippen LogP contribution < -0.4 is 10.6 Å². The van der Waals surface area contributed by atoms with E-state index in [0.29, 0.717) is 6.54 Å². The molecule has 0 unspecified atom stereocenters. The van der Waals surface area contributed by atoms with Crippen LogP contribution in [0.3, 0.4) is 0 Å². The number of rotatable bonds is 6. The topological polar surface area (TPSA) is 45.7 Å². The van der Waals surface area contributed by atoms with Gasteiger partial charge in [0.15, 0.2) is 6.54 Å². The molecular formula is C21H23N2OS+. The summed E-state index contributed by atoms with van der Waals surface area (Å²) in [5, 5.41) is 7.16. The second kappa shape index (κ2) is 8.10. The molecule has 3 N–H and O–H groups in total. The third-order valence-corrected chi connectivity index (χ3v) is 5.08. The van der Waals surface area contributed by atoms with E-state index in [2.05, 4.69) is 59.3 Å². The van der Waals surface area contributed by atoms with E-state index in [1.807, 2.05) is 31.2 Å². The molecule has 2 aromatic carbocycles. The van der Waals surface area contributed by atoms with Crippen LogP contribution in [0.5, 0.6) is 0 Å². The maximum Gasteiger partial charge on any atom is 0.279 e. The number of quaternary nitrogens is 1. The van der Waals surface area contributed by atoms with Gasteiger partial charge in [0, 0.05) is 11.3 Å². The Labute approximate surface area is 152 Å². The molecule has 0 aliphatic heterocycles. The molecule has 3 rings (SSSR count). The summed E-state index contributed by atoms with van der Waals surface area (Å²) in [6.07, 6.45) is 0. The quantitative estimate of drug-likeness (QED) is 0.699. The Kier molecular flexibility index (Phi) is 5.64. The Morgan fingerprint density at radius 3 is 2.52 bits per heavy atom. The third kappa shape index (κ3) is 4.78. The molecule has 0 bridgehead atoms. The first-order chi connectivity index (χ1) is 12.1. The van der Waals surface area contributed by atoms with Gasteiger partial charge in [0.25, 0.3) is 5.91 Å². The minimum atomic E-state index is 0.0132. The minimum Gasteiger partial charge on any atom is -0.328 e. The summed E-state index contributed by atoms with van der Waals surface area (Å²) < 4.78 is 0. The van der Waals surface area contributed by atoms with E-state index < -0.39 is 0 Å². The summed E-state index contributed by atoms with van der Waals surface area (Å²) in [5.74, 6) is 0.0132. The lowest BCUT2D eigenvalue weighted by molar-refractivity contribution is -0.675. The Morgan fingerprint density at radius 1 is 1.04 bits per heavy atom. The number of anilines is 1.